The van der Waals surface area contributed by atoms with Crippen molar-refractivity contribution in [2.24, 2.45) is 4.99 Å². The van der Waals surface area contributed by atoms with Gasteiger partial charge >= 0.3 is 0 Å². The number of rotatable bonds is 5. The van der Waals surface area contributed by atoms with E-state index in [-0.39, 0.29) is 16.6 Å². The number of carbonyl (C=O) groups excluding carboxylic acids is 2. The summed E-state index contributed by atoms with van der Waals surface area (Å²) in [5, 5.41) is 3.28. The van der Waals surface area contributed by atoms with Crippen molar-refractivity contribution in [3.05, 3.63) is 80.3 Å². The van der Waals surface area contributed by atoms with Crippen molar-refractivity contribution in [3.63, 3.8) is 0 Å². The molecule has 2 aromatic heterocycles. The topological polar surface area (TPSA) is 79.2 Å². The molecule has 2 amide bonds. The van der Waals surface area contributed by atoms with Crippen LogP contribution in [-0.2, 0) is 17.8 Å². The predicted octanol–water partition coefficient (Wildman–Crippen LogP) is 5.59. The molecular weight excluding hydrogens is 467 g/mol. The molecule has 0 saturated heterocycles. The number of aryl methyl sites for hydroxylation is 3. The smallest absolute Gasteiger partial charge is 0.297 e. The van der Waals surface area contributed by atoms with Gasteiger partial charge in [-0.15, -0.1) is 0 Å². The van der Waals surface area contributed by atoms with E-state index in [4.69, 9.17) is 23.2 Å². The molecule has 4 rings (SSSR count). The lowest BCUT2D eigenvalue weighted by Gasteiger charge is -2.07. The van der Waals surface area contributed by atoms with Crippen LogP contribution in [0.2, 0.25) is 10.0 Å². The standard InChI is InChI=1S/C23H20Cl2N4O2S/c1-13-19(24)20(25)21(26-13)22(31)28-23-29(11-10-15-6-4-3-5-7-15)17-9-8-16(27-14(2)30)12-18(17)32-23/h3-9,12,26H,10-11H2,1-2H3,(H,27,30). The molecule has 2 heterocycles. The van der Waals surface area contributed by atoms with Crippen LogP contribution in [0.5, 0.6) is 0 Å². The molecule has 0 bridgehead atoms. The maximum atomic E-state index is 12.9. The van der Waals surface area contributed by atoms with Gasteiger partial charge in [-0.2, -0.15) is 4.99 Å². The zero-order valence-corrected chi connectivity index (χ0v) is 19.7. The Morgan fingerprint density at radius 2 is 1.88 bits per heavy atom. The van der Waals surface area contributed by atoms with Crippen LogP contribution >= 0.6 is 34.5 Å². The molecule has 0 atom stereocenters. The molecule has 0 aliphatic heterocycles. The molecule has 4 aromatic rings. The van der Waals surface area contributed by atoms with Crippen LogP contribution in [0.1, 0.15) is 28.7 Å². The highest BCUT2D eigenvalue weighted by Crippen LogP contribution is 2.29. The van der Waals surface area contributed by atoms with E-state index >= 15 is 0 Å². The molecule has 0 radical (unpaired) electrons. The maximum Gasteiger partial charge on any atom is 0.297 e. The third-order valence-electron chi connectivity index (χ3n) is 4.94. The number of carbonyl (C=O) groups is 2. The average molecular weight is 487 g/mol. The minimum Gasteiger partial charge on any atom is -0.352 e. The van der Waals surface area contributed by atoms with Crippen molar-refractivity contribution in [3.8, 4) is 0 Å². The number of aromatic nitrogens is 2. The number of thiazole rings is 1. The number of halogens is 2. The summed E-state index contributed by atoms with van der Waals surface area (Å²) in [5.74, 6) is -0.640. The molecule has 2 N–H and O–H groups in total. The van der Waals surface area contributed by atoms with Gasteiger partial charge in [0.1, 0.15) is 5.69 Å². The monoisotopic (exact) mass is 486 g/mol. The molecule has 9 heteroatoms. The van der Waals surface area contributed by atoms with Crippen LogP contribution in [0.25, 0.3) is 10.2 Å². The lowest BCUT2D eigenvalue weighted by atomic mass is 10.1. The second-order valence-electron chi connectivity index (χ2n) is 7.31. The highest BCUT2D eigenvalue weighted by Gasteiger charge is 2.18. The van der Waals surface area contributed by atoms with Crippen molar-refractivity contribution in [2.75, 3.05) is 5.32 Å². The first-order valence-corrected chi connectivity index (χ1v) is 11.5. The summed E-state index contributed by atoms with van der Waals surface area (Å²) in [4.78, 5) is 32.2. The summed E-state index contributed by atoms with van der Waals surface area (Å²) < 4.78 is 2.91. The molecule has 6 nitrogen and oxygen atoms in total. The van der Waals surface area contributed by atoms with Gasteiger partial charge in [-0.3, -0.25) is 9.59 Å². The first-order chi connectivity index (χ1) is 15.3. The van der Waals surface area contributed by atoms with Gasteiger partial charge in [0.15, 0.2) is 4.80 Å². The fourth-order valence-electron chi connectivity index (χ4n) is 3.40. The van der Waals surface area contributed by atoms with Gasteiger partial charge in [0.05, 0.1) is 20.3 Å². The highest BCUT2D eigenvalue weighted by molar-refractivity contribution is 7.16. The van der Waals surface area contributed by atoms with Crippen LogP contribution in [0, 0.1) is 6.92 Å². The van der Waals surface area contributed by atoms with E-state index in [1.54, 1.807) is 6.92 Å². The van der Waals surface area contributed by atoms with E-state index in [9.17, 15) is 9.59 Å². The fourth-order valence-corrected chi connectivity index (χ4v) is 4.91. The van der Waals surface area contributed by atoms with E-state index in [0.717, 1.165) is 16.6 Å². The zero-order valence-electron chi connectivity index (χ0n) is 17.4. The number of anilines is 1. The average Bonchev–Trinajstić information content (AvgIpc) is 3.23. The van der Waals surface area contributed by atoms with E-state index in [0.29, 0.717) is 27.8 Å². The maximum absolute atomic E-state index is 12.9. The number of aromatic amines is 1. The largest absolute Gasteiger partial charge is 0.352 e. The normalized spacial score (nSPS) is 11.8. The summed E-state index contributed by atoms with van der Waals surface area (Å²) >= 11 is 13.7. The number of hydrogen-bond acceptors (Lipinski definition) is 3. The molecular formula is C23H20Cl2N4O2S. The van der Waals surface area contributed by atoms with Crippen LogP contribution in [-0.4, -0.2) is 21.4 Å². The van der Waals surface area contributed by atoms with E-state index in [1.165, 1.54) is 23.8 Å². The van der Waals surface area contributed by atoms with Gasteiger partial charge in [0, 0.05) is 24.8 Å². The minimum atomic E-state index is -0.493. The second kappa shape index (κ2) is 9.32. The molecule has 0 aliphatic rings. The van der Waals surface area contributed by atoms with Gasteiger partial charge in [0.25, 0.3) is 5.91 Å². The van der Waals surface area contributed by atoms with Crippen molar-refractivity contribution in [1.29, 1.82) is 0 Å². The Labute approximate surface area is 198 Å². The van der Waals surface area contributed by atoms with E-state index in [1.807, 2.05) is 41.0 Å². The molecule has 0 unspecified atom stereocenters. The SMILES string of the molecule is CC(=O)Nc1ccc2c(c1)sc(=NC(=O)c1[nH]c(C)c(Cl)c1Cl)n2CCc1ccccc1. The Kier molecular flexibility index (Phi) is 6.50. The zero-order chi connectivity index (χ0) is 22.8. The number of fused-ring (bicyclic) bond motifs is 1. The highest BCUT2D eigenvalue weighted by atomic mass is 35.5. The van der Waals surface area contributed by atoms with Gasteiger partial charge < -0.3 is 14.9 Å². The Morgan fingerprint density at radius 1 is 1.12 bits per heavy atom. The first kappa shape index (κ1) is 22.3. The Balaban J connectivity index is 1.79. The number of nitrogens with zero attached hydrogens (tertiary/aromatic N) is 2. The quantitative estimate of drug-likeness (QED) is 0.385. The third-order valence-corrected chi connectivity index (χ3v) is 6.92. The minimum absolute atomic E-state index is 0.147. The van der Waals surface area contributed by atoms with E-state index < -0.39 is 5.91 Å². The summed E-state index contributed by atoms with van der Waals surface area (Å²) in [6.45, 7) is 3.84. The molecule has 0 spiro atoms. The lowest BCUT2D eigenvalue weighted by molar-refractivity contribution is -0.114. The van der Waals surface area contributed by atoms with E-state index in [2.05, 4.69) is 27.4 Å². The fraction of sp³-hybridized carbons (Fsp3) is 0.174. The van der Waals surface area contributed by atoms with Gasteiger partial charge in [-0.05, 0) is 37.1 Å². The summed E-state index contributed by atoms with van der Waals surface area (Å²) in [7, 11) is 0. The molecule has 164 valence electrons. The van der Waals surface area contributed by atoms with Crippen LogP contribution < -0.4 is 10.1 Å². The molecule has 32 heavy (non-hydrogen) atoms. The first-order valence-electron chi connectivity index (χ1n) is 9.91. The predicted molar refractivity (Wildman–Crippen MR) is 130 cm³/mol. The van der Waals surface area contributed by atoms with Crippen molar-refractivity contribution in [1.82, 2.24) is 9.55 Å². The molecule has 0 fully saturated rings. The molecule has 2 aromatic carbocycles. The number of hydrogen-bond donors (Lipinski definition) is 2. The van der Waals surface area contributed by atoms with Gasteiger partial charge in [-0.25, -0.2) is 0 Å². The van der Waals surface area contributed by atoms with Crippen molar-refractivity contribution in [2.45, 2.75) is 26.8 Å². The third kappa shape index (κ3) is 4.65. The Morgan fingerprint density at radius 3 is 2.53 bits per heavy atom. The summed E-state index contributed by atoms with van der Waals surface area (Å²) in [5.41, 5.74) is 3.58. The van der Waals surface area contributed by atoms with Gasteiger partial charge in [-0.1, -0.05) is 64.9 Å². The van der Waals surface area contributed by atoms with Crippen LogP contribution in [0.15, 0.2) is 53.5 Å². The summed E-state index contributed by atoms with van der Waals surface area (Å²) in [6.07, 6.45) is 0.774. The lowest BCUT2D eigenvalue weighted by Crippen LogP contribution is -2.18. The van der Waals surface area contributed by atoms with Crippen LogP contribution in [0.3, 0.4) is 0 Å². The molecule has 0 aliphatic carbocycles. The number of benzene rings is 2. The Hall–Kier alpha value is -2.87. The van der Waals surface area contributed by atoms with Crippen molar-refractivity contribution < 1.29 is 9.59 Å². The van der Waals surface area contributed by atoms with Gasteiger partial charge in [0.2, 0.25) is 5.91 Å². The number of H-pyrrole nitrogens is 1. The van der Waals surface area contributed by atoms with Crippen molar-refractivity contribution >= 4 is 62.3 Å². The van der Waals surface area contributed by atoms with Crippen LogP contribution in [0.4, 0.5) is 5.69 Å². The second-order valence-corrected chi connectivity index (χ2v) is 9.07. The number of nitrogens with one attached hydrogen (secondary N) is 2. The Bertz CT molecular complexity index is 1390. The molecule has 0 saturated carbocycles. The summed E-state index contributed by atoms with van der Waals surface area (Å²) in [6, 6.07) is 15.8. The number of amides is 2.